The molecule has 2 unspecified atom stereocenters. The Bertz CT molecular complexity index is 184. The largest absolute Gasteiger partial charge is 0.391 e. The van der Waals surface area contributed by atoms with Gasteiger partial charge in [0.15, 0.2) is 0 Å². The van der Waals surface area contributed by atoms with Gasteiger partial charge in [0.2, 0.25) is 0 Å². The van der Waals surface area contributed by atoms with Gasteiger partial charge in [-0.2, -0.15) is 0 Å². The van der Waals surface area contributed by atoms with Crippen LogP contribution in [0.3, 0.4) is 0 Å². The fourth-order valence-electron chi connectivity index (χ4n) is 2.94. The molecule has 0 aromatic heterocycles. The molecule has 0 saturated carbocycles. The van der Waals surface area contributed by atoms with Crippen LogP contribution in [0.5, 0.6) is 0 Å². The van der Waals surface area contributed by atoms with Gasteiger partial charge in [0, 0.05) is 13.1 Å². The molecule has 2 N–H and O–H groups in total. The highest BCUT2D eigenvalue weighted by molar-refractivity contribution is 4.78. The first kappa shape index (κ1) is 12.3. The molecule has 3 heteroatoms. The van der Waals surface area contributed by atoms with E-state index in [1.165, 1.54) is 51.6 Å². The smallest absolute Gasteiger partial charge is 0.0707 e. The quantitative estimate of drug-likeness (QED) is 0.759. The molecule has 2 saturated heterocycles. The third-order valence-electron chi connectivity index (χ3n) is 4.02. The third kappa shape index (κ3) is 3.72. The third-order valence-corrected chi connectivity index (χ3v) is 4.02. The molecule has 2 aliphatic heterocycles. The lowest BCUT2D eigenvalue weighted by Crippen LogP contribution is -2.43. The first-order chi connectivity index (χ1) is 7.86. The Hall–Kier alpha value is -0.120. The van der Waals surface area contributed by atoms with Crippen molar-refractivity contribution >= 4 is 0 Å². The Labute approximate surface area is 99.2 Å². The number of nitrogens with zero attached hydrogens (tertiary/aromatic N) is 1. The molecule has 0 aromatic carbocycles. The second kappa shape index (κ2) is 6.58. The van der Waals surface area contributed by atoms with Gasteiger partial charge in [-0.25, -0.2) is 0 Å². The van der Waals surface area contributed by atoms with Crippen molar-refractivity contribution in [1.82, 2.24) is 10.2 Å². The summed E-state index contributed by atoms with van der Waals surface area (Å²) in [6.07, 6.45) is 7.68. The highest BCUT2D eigenvalue weighted by atomic mass is 16.3. The molecule has 0 aromatic rings. The fraction of sp³-hybridized carbons (Fsp3) is 1.00. The minimum atomic E-state index is -0.120. The Morgan fingerprint density at radius 2 is 1.88 bits per heavy atom. The maximum absolute atomic E-state index is 10.2. The first-order valence-corrected chi connectivity index (χ1v) is 6.97. The van der Waals surface area contributed by atoms with Gasteiger partial charge in [-0.1, -0.05) is 12.8 Å². The molecule has 2 heterocycles. The molecular formula is C13H26N2O. The van der Waals surface area contributed by atoms with Gasteiger partial charge >= 0.3 is 0 Å². The van der Waals surface area contributed by atoms with Crippen molar-refractivity contribution < 1.29 is 5.11 Å². The zero-order valence-electron chi connectivity index (χ0n) is 10.3. The van der Waals surface area contributed by atoms with Crippen LogP contribution in [-0.2, 0) is 0 Å². The zero-order chi connectivity index (χ0) is 11.2. The molecular weight excluding hydrogens is 200 g/mol. The zero-order valence-corrected chi connectivity index (χ0v) is 10.3. The molecule has 3 nitrogen and oxygen atoms in total. The number of nitrogens with one attached hydrogen (secondary N) is 1. The summed E-state index contributed by atoms with van der Waals surface area (Å²) in [5.74, 6) is 0.483. The van der Waals surface area contributed by atoms with E-state index in [-0.39, 0.29) is 6.10 Å². The summed E-state index contributed by atoms with van der Waals surface area (Å²) in [5.41, 5.74) is 0. The van der Waals surface area contributed by atoms with E-state index in [1.807, 2.05) is 0 Å². The minimum absolute atomic E-state index is 0.120. The van der Waals surface area contributed by atoms with E-state index in [1.54, 1.807) is 0 Å². The van der Waals surface area contributed by atoms with Crippen LogP contribution in [0.2, 0.25) is 0 Å². The molecule has 0 radical (unpaired) electrons. The van der Waals surface area contributed by atoms with Crippen LogP contribution in [0.1, 0.15) is 38.5 Å². The fourth-order valence-corrected chi connectivity index (χ4v) is 2.94. The summed E-state index contributed by atoms with van der Waals surface area (Å²) in [5, 5.41) is 13.6. The summed E-state index contributed by atoms with van der Waals surface area (Å²) in [6, 6.07) is 0. The second-order valence-electron chi connectivity index (χ2n) is 5.39. The number of piperidine rings is 1. The average Bonchev–Trinajstić information content (AvgIpc) is 2.59. The lowest BCUT2D eigenvalue weighted by Gasteiger charge is -2.31. The highest BCUT2D eigenvalue weighted by Gasteiger charge is 2.23. The van der Waals surface area contributed by atoms with Gasteiger partial charge in [0.1, 0.15) is 0 Å². The molecule has 2 aliphatic rings. The second-order valence-corrected chi connectivity index (χ2v) is 5.39. The molecule has 0 aliphatic carbocycles. The van der Waals surface area contributed by atoms with Gasteiger partial charge in [0.25, 0.3) is 0 Å². The van der Waals surface area contributed by atoms with Crippen molar-refractivity contribution in [3.8, 4) is 0 Å². The molecule has 2 atom stereocenters. The number of rotatable bonds is 3. The standard InChI is InChI=1S/C13H26N2O/c16-13(12-6-5-7-14-10-12)11-15-8-3-1-2-4-9-15/h12-14,16H,1-11H2. The summed E-state index contributed by atoms with van der Waals surface area (Å²) in [6.45, 7) is 5.42. The van der Waals surface area contributed by atoms with Crippen LogP contribution in [0, 0.1) is 5.92 Å². The molecule has 2 fully saturated rings. The van der Waals surface area contributed by atoms with Crippen molar-refractivity contribution in [1.29, 1.82) is 0 Å². The molecule has 0 bridgehead atoms. The van der Waals surface area contributed by atoms with Crippen molar-refractivity contribution in [2.24, 2.45) is 5.92 Å². The number of likely N-dealkylation sites (tertiary alicyclic amines) is 1. The van der Waals surface area contributed by atoms with Crippen LogP contribution in [-0.4, -0.2) is 48.8 Å². The van der Waals surface area contributed by atoms with Gasteiger partial charge < -0.3 is 15.3 Å². The SMILES string of the molecule is OC(CN1CCCCCC1)C1CCCNC1. The average molecular weight is 226 g/mol. The Kier molecular flexibility index (Phi) is 5.07. The van der Waals surface area contributed by atoms with E-state index in [4.69, 9.17) is 0 Å². The van der Waals surface area contributed by atoms with Crippen molar-refractivity contribution in [3.63, 3.8) is 0 Å². The lowest BCUT2D eigenvalue weighted by molar-refractivity contribution is 0.0540. The Morgan fingerprint density at radius 3 is 2.50 bits per heavy atom. The maximum atomic E-state index is 10.2. The van der Waals surface area contributed by atoms with Crippen LogP contribution in [0.15, 0.2) is 0 Å². The van der Waals surface area contributed by atoms with Crippen LogP contribution >= 0.6 is 0 Å². The predicted octanol–water partition coefficient (Wildman–Crippen LogP) is 1.22. The van der Waals surface area contributed by atoms with E-state index >= 15 is 0 Å². The summed E-state index contributed by atoms with van der Waals surface area (Å²) < 4.78 is 0. The minimum Gasteiger partial charge on any atom is -0.391 e. The topological polar surface area (TPSA) is 35.5 Å². The van der Waals surface area contributed by atoms with Gasteiger partial charge in [-0.05, 0) is 51.2 Å². The summed E-state index contributed by atoms with van der Waals surface area (Å²) in [7, 11) is 0. The summed E-state index contributed by atoms with van der Waals surface area (Å²) in [4.78, 5) is 2.46. The number of aliphatic hydroxyl groups excluding tert-OH is 1. The number of hydrogen-bond donors (Lipinski definition) is 2. The molecule has 0 amide bonds. The molecule has 2 rings (SSSR count). The van der Waals surface area contributed by atoms with Crippen LogP contribution in [0.4, 0.5) is 0 Å². The van der Waals surface area contributed by atoms with Crippen molar-refractivity contribution in [3.05, 3.63) is 0 Å². The molecule has 94 valence electrons. The Morgan fingerprint density at radius 1 is 1.12 bits per heavy atom. The monoisotopic (exact) mass is 226 g/mol. The van der Waals surface area contributed by atoms with Crippen molar-refractivity contribution in [2.45, 2.75) is 44.6 Å². The number of hydrogen-bond acceptors (Lipinski definition) is 3. The van der Waals surface area contributed by atoms with Gasteiger partial charge in [-0.3, -0.25) is 0 Å². The lowest BCUT2D eigenvalue weighted by atomic mass is 9.93. The van der Waals surface area contributed by atoms with E-state index in [9.17, 15) is 5.11 Å². The van der Waals surface area contributed by atoms with Crippen LogP contribution < -0.4 is 5.32 Å². The maximum Gasteiger partial charge on any atom is 0.0707 e. The number of β-amino-alcohol motifs (C(OH)–C–C–N with tert-alkyl or cyclic N) is 1. The van der Waals surface area contributed by atoms with E-state index in [0.29, 0.717) is 5.92 Å². The molecule has 0 spiro atoms. The normalized spacial score (nSPS) is 30.9. The van der Waals surface area contributed by atoms with E-state index < -0.39 is 0 Å². The summed E-state index contributed by atoms with van der Waals surface area (Å²) >= 11 is 0. The van der Waals surface area contributed by atoms with Gasteiger partial charge in [-0.15, -0.1) is 0 Å². The van der Waals surface area contributed by atoms with E-state index in [0.717, 1.165) is 19.6 Å². The van der Waals surface area contributed by atoms with E-state index in [2.05, 4.69) is 10.2 Å². The van der Waals surface area contributed by atoms with Crippen molar-refractivity contribution in [2.75, 3.05) is 32.7 Å². The van der Waals surface area contributed by atoms with Crippen LogP contribution in [0.25, 0.3) is 0 Å². The highest BCUT2D eigenvalue weighted by Crippen LogP contribution is 2.17. The number of aliphatic hydroxyl groups is 1. The molecule has 16 heavy (non-hydrogen) atoms. The Balaban J connectivity index is 1.73. The predicted molar refractivity (Wildman–Crippen MR) is 66.5 cm³/mol. The first-order valence-electron chi connectivity index (χ1n) is 6.97. The van der Waals surface area contributed by atoms with Gasteiger partial charge in [0.05, 0.1) is 6.10 Å².